The summed E-state index contributed by atoms with van der Waals surface area (Å²) in [5.41, 5.74) is 4.97. The number of aromatic nitrogens is 4. The fraction of sp³-hybridized carbons (Fsp3) is 0.235. The van der Waals surface area contributed by atoms with Crippen molar-refractivity contribution in [3.8, 4) is 5.69 Å². The van der Waals surface area contributed by atoms with Crippen molar-refractivity contribution in [1.82, 2.24) is 19.8 Å². The number of benzene rings is 2. The third kappa shape index (κ3) is 3.75. The molecule has 0 unspecified atom stereocenters. The summed E-state index contributed by atoms with van der Waals surface area (Å²) in [5.74, 6) is -0.603. The van der Waals surface area contributed by atoms with Crippen LogP contribution in [0.5, 0.6) is 0 Å². The van der Waals surface area contributed by atoms with Crippen molar-refractivity contribution >= 4 is 17.4 Å². The van der Waals surface area contributed by atoms with E-state index in [1.54, 1.807) is 6.92 Å². The van der Waals surface area contributed by atoms with Gasteiger partial charge < -0.3 is 5.73 Å². The average Bonchev–Trinajstić information content (AvgIpc) is 2.95. The van der Waals surface area contributed by atoms with Crippen molar-refractivity contribution in [1.29, 1.82) is 0 Å². The molecule has 0 amide bonds. The Hall–Kier alpha value is -2.82. The van der Waals surface area contributed by atoms with E-state index in [-0.39, 0.29) is 22.0 Å². The second-order valence-electron chi connectivity index (χ2n) is 6.04. The molecule has 0 fully saturated rings. The maximum absolute atomic E-state index is 13.8. The summed E-state index contributed by atoms with van der Waals surface area (Å²) < 4.78 is 56.1. The standard InChI is InChI=1S/C17H15F4N5OS/c1-9-6-13(22)12(18)7-10(9)8-28-15-11(17(19,20)21)4-3-5-14(15)26-16(27)25(2)23-24-26/h3-7H,8,22H2,1-2H3. The number of anilines is 1. The lowest BCUT2D eigenvalue weighted by Gasteiger charge is -2.16. The molecular formula is C17H15F4N5OS. The number of thioether (sulfide) groups is 1. The van der Waals surface area contributed by atoms with Crippen molar-refractivity contribution in [2.75, 3.05) is 5.73 Å². The van der Waals surface area contributed by atoms with Crippen LogP contribution in [0, 0.1) is 12.7 Å². The van der Waals surface area contributed by atoms with Gasteiger partial charge in [0.25, 0.3) is 0 Å². The predicted molar refractivity (Wildman–Crippen MR) is 96.7 cm³/mol. The van der Waals surface area contributed by atoms with E-state index < -0.39 is 23.2 Å². The molecule has 0 bridgehead atoms. The largest absolute Gasteiger partial charge is 0.417 e. The quantitative estimate of drug-likeness (QED) is 0.403. The van der Waals surface area contributed by atoms with Gasteiger partial charge in [-0.25, -0.2) is 9.18 Å². The van der Waals surface area contributed by atoms with E-state index >= 15 is 0 Å². The van der Waals surface area contributed by atoms with Crippen LogP contribution in [0.15, 0.2) is 40.0 Å². The molecule has 0 radical (unpaired) electrons. The number of tetrazole rings is 1. The van der Waals surface area contributed by atoms with Gasteiger partial charge >= 0.3 is 11.9 Å². The van der Waals surface area contributed by atoms with Crippen LogP contribution >= 0.6 is 11.8 Å². The minimum absolute atomic E-state index is 0.0336. The second-order valence-corrected chi connectivity index (χ2v) is 7.02. The highest BCUT2D eigenvalue weighted by atomic mass is 32.2. The SMILES string of the molecule is Cc1cc(N)c(F)cc1CSc1c(-n2nnn(C)c2=O)cccc1C(F)(F)F. The van der Waals surface area contributed by atoms with Gasteiger partial charge in [-0.05, 0) is 52.7 Å². The topological polar surface area (TPSA) is 78.7 Å². The molecular weight excluding hydrogens is 398 g/mol. The maximum Gasteiger partial charge on any atom is 0.417 e. The summed E-state index contributed by atoms with van der Waals surface area (Å²) in [6.07, 6.45) is -4.65. The van der Waals surface area contributed by atoms with Gasteiger partial charge in [-0.2, -0.15) is 22.5 Å². The zero-order chi connectivity index (χ0) is 20.6. The number of nitrogen functional groups attached to an aromatic ring is 1. The van der Waals surface area contributed by atoms with Crippen LogP contribution in [0.3, 0.4) is 0 Å². The molecule has 1 aromatic heterocycles. The summed E-state index contributed by atoms with van der Waals surface area (Å²) in [4.78, 5) is 11.9. The molecule has 0 saturated heterocycles. The molecule has 2 aromatic carbocycles. The highest BCUT2D eigenvalue weighted by Gasteiger charge is 2.35. The molecule has 0 saturated carbocycles. The Bertz CT molecular complexity index is 1090. The summed E-state index contributed by atoms with van der Waals surface area (Å²) in [6.45, 7) is 1.69. The Balaban J connectivity index is 2.09. The minimum atomic E-state index is -4.65. The fourth-order valence-corrected chi connectivity index (χ4v) is 3.83. The van der Waals surface area contributed by atoms with Gasteiger partial charge in [0.1, 0.15) is 5.82 Å². The first-order chi connectivity index (χ1) is 13.1. The third-order valence-corrected chi connectivity index (χ3v) is 5.25. The smallest absolute Gasteiger partial charge is 0.396 e. The lowest BCUT2D eigenvalue weighted by atomic mass is 10.1. The monoisotopic (exact) mass is 413 g/mol. The Kier molecular flexibility index (Phi) is 5.20. The lowest BCUT2D eigenvalue weighted by molar-refractivity contribution is -0.139. The first-order valence-corrected chi connectivity index (χ1v) is 8.95. The van der Waals surface area contributed by atoms with Crippen molar-refractivity contribution in [3.63, 3.8) is 0 Å². The number of halogens is 4. The van der Waals surface area contributed by atoms with Gasteiger partial charge in [-0.15, -0.1) is 11.8 Å². The number of aryl methyl sites for hydroxylation is 2. The number of nitrogens with zero attached hydrogens (tertiary/aromatic N) is 4. The first kappa shape index (κ1) is 19.9. The predicted octanol–water partition coefficient (Wildman–Crippen LogP) is 3.31. The van der Waals surface area contributed by atoms with Crippen LogP contribution in [-0.4, -0.2) is 19.8 Å². The van der Waals surface area contributed by atoms with Gasteiger partial charge in [-0.3, -0.25) is 0 Å². The molecule has 28 heavy (non-hydrogen) atoms. The Labute approximate surface area is 160 Å². The molecule has 1 heterocycles. The van der Waals surface area contributed by atoms with Crippen LogP contribution < -0.4 is 11.4 Å². The summed E-state index contributed by atoms with van der Waals surface area (Å²) in [5, 5.41) is 7.17. The molecule has 0 aliphatic carbocycles. The van der Waals surface area contributed by atoms with Gasteiger partial charge in [-0.1, -0.05) is 6.07 Å². The van der Waals surface area contributed by atoms with E-state index in [0.717, 1.165) is 27.2 Å². The van der Waals surface area contributed by atoms with Crippen LogP contribution in [-0.2, 0) is 19.0 Å². The number of hydrogen-bond acceptors (Lipinski definition) is 5. The Morgan fingerprint density at radius 3 is 2.54 bits per heavy atom. The zero-order valence-electron chi connectivity index (χ0n) is 14.8. The molecule has 3 rings (SSSR count). The highest BCUT2D eigenvalue weighted by Crippen LogP contribution is 2.41. The van der Waals surface area contributed by atoms with Crippen molar-refractivity contribution in [3.05, 3.63) is 63.3 Å². The summed E-state index contributed by atoms with van der Waals surface area (Å²) in [7, 11) is 1.34. The van der Waals surface area contributed by atoms with Crippen LogP contribution in [0.2, 0.25) is 0 Å². The summed E-state index contributed by atoms with van der Waals surface area (Å²) >= 11 is 0.831. The number of nitrogens with two attached hydrogens (primary N) is 1. The maximum atomic E-state index is 13.8. The molecule has 0 atom stereocenters. The van der Waals surface area contributed by atoms with E-state index in [1.165, 1.54) is 31.3 Å². The number of rotatable bonds is 4. The lowest BCUT2D eigenvalue weighted by Crippen LogP contribution is -2.23. The van der Waals surface area contributed by atoms with Crippen LogP contribution in [0.25, 0.3) is 5.69 Å². The normalized spacial score (nSPS) is 11.8. The van der Waals surface area contributed by atoms with Crippen LogP contribution in [0.4, 0.5) is 23.2 Å². The molecule has 2 N–H and O–H groups in total. The van der Waals surface area contributed by atoms with Gasteiger partial charge in [0.15, 0.2) is 0 Å². The minimum Gasteiger partial charge on any atom is -0.396 e. The molecule has 6 nitrogen and oxygen atoms in total. The van der Waals surface area contributed by atoms with Crippen LogP contribution in [0.1, 0.15) is 16.7 Å². The van der Waals surface area contributed by atoms with E-state index in [4.69, 9.17) is 5.73 Å². The Morgan fingerprint density at radius 2 is 1.93 bits per heavy atom. The van der Waals surface area contributed by atoms with E-state index in [9.17, 15) is 22.4 Å². The van der Waals surface area contributed by atoms with E-state index in [0.29, 0.717) is 11.1 Å². The van der Waals surface area contributed by atoms with Crippen molar-refractivity contribution in [2.45, 2.75) is 23.7 Å². The third-order valence-electron chi connectivity index (χ3n) is 4.08. The van der Waals surface area contributed by atoms with E-state index in [2.05, 4.69) is 10.4 Å². The number of alkyl halides is 3. The Morgan fingerprint density at radius 1 is 1.21 bits per heavy atom. The van der Waals surface area contributed by atoms with Crippen molar-refractivity contribution < 1.29 is 17.6 Å². The molecule has 0 aliphatic rings. The van der Waals surface area contributed by atoms with Gasteiger partial charge in [0.2, 0.25) is 0 Å². The molecule has 11 heteroatoms. The van der Waals surface area contributed by atoms with Gasteiger partial charge in [0, 0.05) is 17.7 Å². The molecule has 148 valence electrons. The molecule has 0 aliphatic heterocycles. The number of hydrogen-bond donors (Lipinski definition) is 1. The van der Waals surface area contributed by atoms with Gasteiger partial charge in [0.05, 0.1) is 16.9 Å². The fourth-order valence-electron chi connectivity index (χ4n) is 2.58. The molecule has 0 spiro atoms. The van der Waals surface area contributed by atoms with E-state index in [1.807, 2.05) is 0 Å². The summed E-state index contributed by atoms with van der Waals surface area (Å²) in [6, 6.07) is 6.09. The molecule has 3 aromatic rings. The highest BCUT2D eigenvalue weighted by molar-refractivity contribution is 7.98. The average molecular weight is 413 g/mol. The second kappa shape index (κ2) is 7.30. The van der Waals surface area contributed by atoms with Crippen molar-refractivity contribution in [2.24, 2.45) is 7.05 Å². The zero-order valence-corrected chi connectivity index (χ0v) is 15.6. The first-order valence-electron chi connectivity index (χ1n) is 7.96.